The van der Waals surface area contributed by atoms with Crippen LogP contribution in [0.2, 0.25) is 0 Å². The topological polar surface area (TPSA) is 105 Å². The van der Waals surface area contributed by atoms with E-state index in [2.05, 4.69) is 19.9 Å². The minimum absolute atomic E-state index is 0.208. The van der Waals surface area contributed by atoms with Gasteiger partial charge in [-0.1, -0.05) is 19.9 Å². The molecule has 0 radical (unpaired) electrons. The number of carbonyl (C=O) groups excluding carboxylic acids is 1. The van der Waals surface area contributed by atoms with Crippen LogP contribution in [0.15, 0.2) is 11.6 Å². The number of esters is 1. The van der Waals surface area contributed by atoms with Crippen molar-refractivity contribution in [1.29, 1.82) is 0 Å². The highest BCUT2D eigenvalue weighted by atomic mass is 16.7. The van der Waals surface area contributed by atoms with Crippen LogP contribution in [0.1, 0.15) is 33.6 Å². The van der Waals surface area contributed by atoms with Crippen LogP contribution in [-0.2, 0) is 19.0 Å². The summed E-state index contributed by atoms with van der Waals surface area (Å²) in [5.74, 6) is 0.685. The van der Waals surface area contributed by atoms with Crippen molar-refractivity contribution in [2.24, 2.45) is 17.3 Å². The number of aliphatic hydroxyl groups is 3. The smallest absolute Gasteiger partial charge is 0.302 e. The van der Waals surface area contributed by atoms with Gasteiger partial charge in [-0.05, 0) is 35.7 Å². The third-order valence-electron chi connectivity index (χ3n) is 6.12. The Labute approximate surface area is 147 Å². The molecule has 0 aromatic rings. The average molecular weight is 356 g/mol. The summed E-state index contributed by atoms with van der Waals surface area (Å²) in [6.07, 6.45) is -1.79. The van der Waals surface area contributed by atoms with E-state index in [9.17, 15) is 20.1 Å². The fourth-order valence-electron chi connectivity index (χ4n) is 4.21. The van der Waals surface area contributed by atoms with Gasteiger partial charge in [0.2, 0.25) is 0 Å². The van der Waals surface area contributed by atoms with E-state index < -0.39 is 36.7 Å². The lowest BCUT2D eigenvalue weighted by Crippen LogP contribution is -2.59. The predicted octanol–water partition coefficient (Wildman–Crippen LogP) is 0.366. The molecule has 7 heteroatoms. The molecule has 0 aromatic carbocycles. The van der Waals surface area contributed by atoms with Crippen LogP contribution in [0.3, 0.4) is 0 Å². The highest BCUT2D eigenvalue weighted by Gasteiger charge is 2.51. The lowest BCUT2D eigenvalue weighted by molar-refractivity contribution is -0.300. The molecule has 0 aromatic heterocycles. The first kappa shape index (κ1) is 18.8. The molecule has 2 fully saturated rings. The quantitative estimate of drug-likeness (QED) is 0.483. The molecule has 3 aliphatic carbocycles. The minimum Gasteiger partial charge on any atom is -0.463 e. The predicted molar refractivity (Wildman–Crippen MR) is 87.3 cm³/mol. The number of ether oxygens (including phenoxy) is 3. The van der Waals surface area contributed by atoms with E-state index in [1.165, 1.54) is 12.5 Å². The normalized spacial score (nSPS) is 42.3. The zero-order valence-electron chi connectivity index (χ0n) is 14.9. The van der Waals surface area contributed by atoms with Crippen LogP contribution in [-0.4, -0.2) is 65.2 Å². The number of allylic oxidation sites excluding steroid dienone is 1. The number of rotatable bonds is 5. The van der Waals surface area contributed by atoms with Gasteiger partial charge in [0, 0.05) is 6.92 Å². The van der Waals surface area contributed by atoms with Crippen LogP contribution in [0.4, 0.5) is 0 Å². The van der Waals surface area contributed by atoms with Gasteiger partial charge in [-0.25, -0.2) is 0 Å². The molecule has 0 spiro atoms. The summed E-state index contributed by atoms with van der Waals surface area (Å²) in [6.45, 7) is 5.88. The van der Waals surface area contributed by atoms with E-state index in [4.69, 9.17) is 14.2 Å². The van der Waals surface area contributed by atoms with Gasteiger partial charge in [0.15, 0.2) is 6.29 Å². The second-order valence-corrected chi connectivity index (χ2v) is 7.95. The Morgan fingerprint density at radius 2 is 2.00 bits per heavy atom. The fourth-order valence-corrected chi connectivity index (χ4v) is 4.21. The molecular weight excluding hydrogens is 328 g/mol. The first-order chi connectivity index (χ1) is 11.7. The van der Waals surface area contributed by atoms with E-state index in [0.717, 1.165) is 18.8 Å². The van der Waals surface area contributed by atoms with Crippen molar-refractivity contribution in [2.75, 3.05) is 13.2 Å². The lowest BCUT2D eigenvalue weighted by atomic mass is 9.49. The lowest BCUT2D eigenvalue weighted by Gasteiger charge is -2.56. The molecule has 7 nitrogen and oxygen atoms in total. The maximum Gasteiger partial charge on any atom is 0.302 e. The summed E-state index contributed by atoms with van der Waals surface area (Å²) in [4.78, 5) is 10.9. The van der Waals surface area contributed by atoms with E-state index in [0.29, 0.717) is 12.5 Å². The summed E-state index contributed by atoms with van der Waals surface area (Å²) in [7, 11) is 0. The van der Waals surface area contributed by atoms with E-state index in [-0.39, 0.29) is 12.0 Å². The van der Waals surface area contributed by atoms with Gasteiger partial charge in [-0.15, -0.1) is 0 Å². The highest BCUT2D eigenvalue weighted by Crippen LogP contribution is 2.59. The highest BCUT2D eigenvalue weighted by molar-refractivity contribution is 5.65. The molecule has 1 saturated carbocycles. The zero-order chi connectivity index (χ0) is 18.4. The van der Waals surface area contributed by atoms with Gasteiger partial charge in [0.05, 0.1) is 6.61 Å². The van der Waals surface area contributed by atoms with Crippen LogP contribution in [0, 0.1) is 17.3 Å². The van der Waals surface area contributed by atoms with Gasteiger partial charge in [0.25, 0.3) is 0 Å². The van der Waals surface area contributed by atoms with Crippen molar-refractivity contribution < 1.29 is 34.3 Å². The second kappa shape index (κ2) is 6.96. The van der Waals surface area contributed by atoms with Crippen LogP contribution in [0.5, 0.6) is 0 Å². The molecule has 142 valence electrons. The summed E-state index contributed by atoms with van der Waals surface area (Å²) >= 11 is 0. The fraction of sp³-hybridized carbons (Fsp3) is 0.833. The van der Waals surface area contributed by atoms with Crippen LogP contribution < -0.4 is 0 Å². The maximum absolute atomic E-state index is 10.9. The molecule has 7 unspecified atom stereocenters. The van der Waals surface area contributed by atoms with Crippen LogP contribution >= 0.6 is 0 Å². The molecular formula is C18H28O7. The van der Waals surface area contributed by atoms with Crippen molar-refractivity contribution in [3.63, 3.8) is 0 Å². The Morgan fingerprint density at radius 3 is 2.60 bits per heavy atom. The number of aliphatic hydroxyl groups excluding tert-OH is 3. The van der Waals surface area contributed by atoms with Gasteiger partial charge < -0.3 is 29.5 Å². The molecule has 25 heavy (non-hydrogen) atoms. The third kappa shape index (κ3) is 3.48. The first-order valence-corrected chi connectivity index (χ1v) is 8.85. The van der Waals surface area contributed by atoms with Crippen molar-refractivity contribution in [2.45, 2.75) is 64.3 Å². The molecule has 7 atom stereocenters. The van der Waals surface area contributed by atoms with Crippen molar-refractivity contribution >= 4 is 5.97 Å². The molecule has 4 rings (SSSR count). The van der Waals surface area contributed by atoms with Gasteiger partial charge >= 0.3 is 5.97 Å². The molecule has 4 aliphatic rings. The molecule has 3 N–H and O–H groups in total. The summed E-state index contributed by atoms with van der Waals surface area (Å²) < 4.78 is 16.1. The number of fused-ring (bicyclic) bond motifs is 1. The van der Waals surface area contributed by atoms with Gasteiger partial charge in [-0.2, -0.15) is 0 Å². The summed E-state index contributed by atoms with van der Waals surface area (Å²) in [5.41, 5.74) is 1.47. The Bertz CT molecular complexity index is 544. The largest absolute Gasteiger partial charge is 0.463 e. The Morgan fingerprint density at radius 1 is 1.28 bits per heavy atom. The Balaban J connectivity index is 1.59. The van der Waals surface area contributed by atoms with Crippen LogP contribution in [0.25, 0.3) is 0 Å². The van der Waals surface area contributed by atoms with E-state index in [1.54, 1.807) is 0 Å². The average Bonchev–Trinajstić information content (AvgIpc) is 2.58. The Hall–Kier alpha value is -0.990. The van der Waals surface area contributed by atoms with E-state index >= 15 is 0 Å². The summed E-state index contributed by atoms with van der Waals surface area (Å²) in [6, 6.07) is 0. The molecule has 0 amide bonds. The molecule has 1 heterocycles. The standard InChI is InChI=1S/C18H28O7/c1-9(19)23-8-13-14(20)15(21)16(22)17(25-13)24-7-10-4-5-11-6-12(10)18(11,2)3/h4,11-17,20-22H,5-8H2,1-3H3. The number of hydrogen-bond donors (Lipinski definition) is 3. The van der Waals surface area contributed by atoms with Crippen molar-refractivity contribution in [1.82, 2.24) is 0 Å². The molecule has 2 bridgehead atoms. The van der Waals surface area contributed by atoms with E-state index in [1.807, 2.05) is 0 Å². The van der Waals surface area contributed by atoms with Crippen molar-refractivity contribution in [3.8, 4) is 0 Å². The first-order valence-electron chi connectivity index (χ1n) is 8.85. The second-order valence-electron chi connectivity index (χ2n) is 7.95. The number of hydrogen-bond acceptors (Lipinski definition) is 7. The monoisotopic (exact) mass is 356 g/mol. The molecule has 1 saturated heterocycles. The Kier molecular flexibility index (Phi) is 5.23. The maximum atomic E-state index is 10.9. The summed E-state index contributed by atoms with van der Waals surface area (Å²) in [5, 5.41) is 30.1. The van der Waals surface area contributed by atoms with Gasteiger partial charge in [0.1, 0.15) is 31.0 Å². The zero-order valence-corrected chi connectivity index (χ0v) is 14.9. The number of carbonyl (C=O) groups is 1. The molecule has 1 aliphatic heterocycles. The minimum atomic E-state index is -1.43. The van der Waals surface area contributed by atoms with Crippen molar-refractivity contribution in [3.05, 3.63) is 11.6 Å². The SMILES string of the molecule is CC(=O)OCC1OC(OCC2=CCC3CC2C3(C)C)C(O)C(O)C1O. The third-order valence-corrected chi connectivity index (χ3v) is 6.12. The van der Waals surface area contributed by atoms with Gasteiger partial charge in [-0.3, -0.25) is 4.79 Å².